The summed E-state index contributed by atoms with van der Waals surface area (Å²) < 4.78 is 5.05. The highest BCUT2D eigenvalue weighted by atomic mass is 16.6. The van der Waals surface area contributed by atoms with E-state index in [1.807, 2.05) is 0 Å². The molecule has 7 heteroatoms. The van der Waals surface area contributed by atoms with Gasteiger partial charge in [-0.05, 0) is 18.9 Å². The summed E-state index contributed by atoms with van der Waals surface area (Å²) in [5, 5.41) is 41.5. The zero-order valence-electron chi connectivity index (χ0n) is 26.3. The quantitative estimate of drug-likeness (QED) is 0.0533. The number of unbranched alkanes of at least 4 members (excludes halogenated alkanes) is 23. The Labute approximate surface area is 251 Å². The van der Waals surface area contributed by atoms with Gasteiger partial charge in [0.2, 0.25) is 5.91 Å². The van der Waals surface area contributed by atoms with Gasteiger partial charge in [0, 0.05) is 0 Å². The van der Waals surface area contributed by atoms with E-state index in [0.29, 0.717) is 0 Å². The number of ether oxygens (including phenoxy) is 1. The minimum atomic E-state index is -1.49. The molecule has 0 saturated carbocycles. The summed E-state index contributed by atoms with van der Waals surface area (Å²) in [4.78, 5) is 12.1. The van der Waals surface area contributed by atoms with Crippen molar-refractivity contribution < 1.29 is 30.0 Å². The molecular weight excluding hydrogens is 518 g/mol. The first-order valence-corrected chi connectivity index (χ1v) is 17.3. The summed E-state index contributed by atoms with van der Waals surface area (Å²) in [5.74, 6) is -0.458. The lowest BCUT2D eigenvalue weighted by molar-refractivity contribution is -0.253. The van der Waals surface area contributed by atoms with Crippen molar-refractivity contribution in [2.45, 2.75) is 192 Å². The number of rotatable bonds is 27. The van der Waals surface area contributed by atoms with Crippen LogP contribution in [-0.4, -0.2) is 63.6 Å². The molecule has 1 fully saturated rings. The third-order valence-electron chi connectivity index (χ3n) is 8.45. The summed E-state index contributed by atoms with van der Waals surface area (Å²) in [6.07, 6.45) is 30.1. The van der Waals surface area contributed by atoms with Crippen LogP contribution in [-0.2, 0) is 9.53 Å². The molecule has 41 heavy (non-hydrogen) atoms. The smallest absolute Gasteiger partial charge is 0.244 e. The van der Waals surface area contributed by atoms with Gasteiger partial charge in [0.25, 0.3) is 0 Å². The van der Waals surface area contributed by atoms with E-state index in [1.54, 1.807) is 6.08 Å². The molecule has 1 heterocycles. The summed E-state index contributed by atoms with van der Waals surface area (Å²) in [6, 6.07) is -1.15. The van der Waals surface area contributed by atoms with Crippen LogP contribution in [0.25, 0.3) is 0 Å². The Morgan fingerprint density at radius 1 is 0.634 bits per heavy atom. The van der Waals surface area contributed by atoms with Gasteiger partial charge in [-0.2, -0.15) is 0 Å². The Bertz CT molecular complexity index is 630. The zero-order valence-corrected chi connectivity index (χ0v) is 26.3. The minimum absolute atomic E-state index is 0.458. The summed E-state index contributed by atoms with van der Waals surface area (Å²) >= 11 is 0. The number of aliphatic hydroxyl groups excluding tert-OH is 4. The van der Waals surface area contributed by atoms with Gasteiger partial charge in [0.05, 0.1) is 6.61 Å². The van der Waals surface area contributed by atoms with E-state index in [9.17, 15) is 20.1 Å². The largest absolute Gasteiger partial charge is 0.394 e. The number of allylic oxidation sites excluding steroid dienone is 1. The number of nitrogens with one attached hydrogen (secondary N) is 1. The number of carbonyl (C=O) groups excluding carboxylic acids is 1. The van der Waals surface area contributed by atoms with Crippen molar-refractivity contribution >= 4 is 5.91 Å². The first-order chi connectivity index (χ1) is 20.0. The number of amides is 1. The molecule has 5 atom stereocenters. The van der Waals surface area contributed by atoms with E-state index < -0.39 is 43.2 Å². The predicted octanol–water partition coefficient (Wildman–Crippen LogP) is 6.84. The highest BCUT2D eigenvalue weighted by Crippen LogP contribution is 2.20. The van der Waals surface area contributed by atoms with Gasteiger partial charge in [-0.15, -0.1) is 0 Å². The molecule has 0 spiro atoms. The maximum Gasteiger partial charge on any atom is 0.244 e. The van der Waals surface area contributed by atoms with Crippen molar-refractivity contribution in [1.29, 1.82) is 0 Å². The van der Waals surface area contributed by atoms with Crippen LogP contribution in [0.3, 0.4) is 0 Å². The highest BCUT2D eigenvalue weighted by Gasteiger charge is 2.44. The molecule has 5 N–H and O–H groups in total. The molecule has 0 aliphatic carbocycles. The lowest BCUT2D eigenvalue weighted by Crippen LogP contribution is -2.64. The second-order valence-electron chi connectivity index (χ2n) is 12.2. The van der Waals surface area contributed by atoms with Crippen LogP contribution in [0.15, 0.2) is 12.2 Å². The molecule has 7 nitrogen and oxygen atoms in total. The summed E-state index contributed by atoms with van der Waals surface area (Å²) in [7, 11) is 0. The minimum Gasteiger partial charge on any atom is -0.394 e. The van der Waals surface area contributed by atoms with Crippen LogP contribution in [0.4, 0.5) is 0 Å². The SMILES string of the molecule is CCCCCCCCCCCCCCCCCCCCCCCCCC=CC(=O)N[C@H]1C(O)O[C@H](CO)[C@@H](O)[C@@H]1O. The van der Waals surface area contributed by atoms with E-state index in [4.69, 9.17) is 9.84 Å². The van der Waals surface area contributed by atoms with E-state index in [0.717, 1.165) is 19.3 Å². The molecule has 0 bridgehead atoms. The maximum atomic E-state index is 12.1. The monoisotopic (exact) mass is 583 g/mol. The molecule has 0 aromatic rings. The fraction of sp³-hybridized carbons (Fsp3) is 0.912. The molecule has 0 radical (unpaired) electrons. The molecule has 0 aromatic heterocycles. The van der Waals surface area contributed by atoms with Gasteiger partial charge < -0.3 is 30.5 Å². The van der Waals surface area contributed by atoms with Crippen LogP contribution in [0.2, 0.25) is 0 Å². The van der Waals surface area contributed by atoms with Gasteiger partial charge in [0.15, 0.2) is 6.29 Å². The maximum absolute atomic E-state index is 12.1. The van der Waals surface area contributed by atoms with E-state index >= 15 is 0 Å². The third-order valence-corrected chi connectivity index (χ3v) is 8.45. The zero-order chi connectivity index (χ0) is 30.0. The molecule has 1 aliphatic rings. The topological polar surface area (TPSA) is 119 Å². The van der Waals surface area contributed by atoms with Crippen LogP contribution in [0, 0.1) is 0 Å². The molecule has 242 valence electrons. The third kappa shape index (κ3) is 19.8. The number of aliphatic hydroxyl groups is 4. The molecule has 1 saturated heterocycles. The fourth-order valence-electron chi connectivity index (χ4n) is 5.70. The fourth-order valence-corrected chi connectivity index (χ4v) is 5.70. The number of hydrogen-bond donors (Lipinski definition) is 5. The molecule has 1 amide bonds. The van der Waals surface area contributed by atoms with Crippen molar-refractivity contribution in [3.63, 3.8) is 0 Å². The molecule has 1 unspecified atom stereocenters. The Balaban J connectivity index is 1.82. The van der Waals surface area contributed by atoms with E-state index in [2.05, 4.69) is 12.2 Å². The first kappa shape index (κ1) is 38.0. The highest BCUT2D eigenvalue weighted by molar-refractivity contribution is 5.87. The van der Waals surface area contributed by atoms with Gasteiger partial charge in [-0.3, -0.25) is 4.79 Å². The Morgan fingerprint density at radius 2 is 1.02 bits per heavy atom. The first-order valence-electron chi connectivity index (χ1n) is 17.3. The summed E-state index contributed by atoms with van der Waals surface area (Å²) in [6.45, 7) is 1.75. The number of hydrogen-bond acceptors (Lipinski definition) is 6. The molecular formula is C34H65NO6. The molecule has 1 aliphatic heterocycles. The van der Waals surface area contributed by atoms with Crippen LogP contribution >= 0.6 is 0 Å². The Hall–Kier alpha value is -0.990. The van der Waals surface area contributed by atoms with Gasteiger partial charge in [-0.25, -0.2) is 0 Å². The lowest BCUT2D eigenvalue weighted by Gasteiger charge is -2.40. The average molecular weight is 584 g/mol. The van der Waals surface area contributed by atoms with Gasteiger partial charge in [0.1, 0.15) is 24.4 Å². The molecule has 1 rings (SSSR count). The predicted molar refractivity (Wildman–Crippen MR) is 168 cm³/mol. The van der Waals surface area contributed by atoms with E-state index in [-0.39, 0.29) is 0 Å². The normalized spacial score (nSPS) is 22.9. The van der Waals surface area contributed by atoms with Crippen molar-refractivity contribution in [2.24, 2.45) is 0 Å². The Morgan fingerprint density at radius 3 is 1.41 bits per heavy atom. The average Bonchev–Trinajstić information content (AvgIpc) is 2.97. The van der Waals surface area contributed by atoms with Gasteiger partial charge in [-0.1, -0.05) is 154 Å². The lowest BCUT2D eigenvalue weighted by atomic mass is 9.97. The van der Waals surface area contributed by atoms with Crippen molar-refractivity contribution in [3.8, 4) is 0 Å². The van der Waals surface area contributed by atoms with Crippen LogP contribution < -0.4 is 5.32 Å². The molecule has 0 aromatic carbocycles. The standard InChI is InChI=1S/C34H65NO6/c1-2-3-4-5-6-7-8-9-10-11-12-13-14-15-16-17-18-19-20-21-22-23-24-25-26-27-30(37)35-31-33(39)32(38)29(28-36)41-34(31)40/h26-27,29,31-34,36,38-40H,2-25,28H2,1H3,(H,35,37)/t29-,31-,32-,33-,34?/m1/s1. The summed E-state index contributed by atoms with van der Waals surface area (Å²) in [5.41, 5.74) is 0. The van der Waals surface area contributed by atoms with Crippen molar-refractivity contribution in [2.75, 3.05) is 6.61 Å². The second kappa shape index (κ2) is 26.6. The van der Waals surface area contributed by atoms with Crippen molar-refractivity contribution in [1.82, 2.24) is 5.32 Å². The van der Waals surface area contributed by atoms with E-state index in [1.165, 1.54) is 141 Å². The Kier molecular flexibility index (Phi) is 24.7. The second-order valence-corrected chi connectivity index (χ2v) is 12.2. The van der Waals surface area contributed by atoms with Crippen LogP contribution in [0.1, 0.15) is 161 Å². The van der Waals surface area contributed by atoms with Gasteiger partial charge >= 0.3 is 0 Å². The van der Waals surface area contributed by atoms with Crippen molar-refractivity contribution in [3.05, 3.63) is 12.2 Å². The number of carbonyl (C=O) groups is 1. The van der Waals surface area contributed by atoms with Crippen LogP contribution in [0.5, 0.6) is 0 Å².